The van der Waals surface area contributed by atoms with Crippen LogP contribution in [0.1, 0.15) is 29.8 Å². The first-order valence-corrected chi connectivity index (χ1v) is 8.89. The lowest BCUT2D eigenvalue weighted by molar-refractivity contribution is 0.596. The molecule has 20 heavy (non-hydrogen) atoms. The van der Waals surface area contributed by atoms with Crippen molar-refractivity contribution in [2.75, 3.05) is 5.33 Å². The first-order chi connectivity index (χ1) is 9.58. The van der Waals surface area contributed by atoms with Gasteiger partial charge in [-0.1, -0.05) is 61.7 Å². The first kappa shape index (κ1) is 16.1. The zero-order chi connectivity index (χ0) is 14.7. The molecular weight excluding hydrogens is 403 g/mol. The Morgan fingerprint density at radius 3 is 2.65 bits per heavy atom. The van der Waals surface area contributed by atoms with Gasteiger partial charge in [-0.15, -0.1) is 0 Å². The van der Waals surface area contributed by atoms with Crippen molar-refractivity contribution in [3.8, 4) is 0 Å². The van der Waals surface area contributed by atoms with Crippen LogP contribution in [0.15, 0.2) is 28.7 Å². The number of aromatic nitrogens is 2. The van der Waals surface area contributed by atoms with E-state index in [2.05, 4.69) is 62.1 Å². The van der Waals surface area contributed by atoms with Gasteiger partial charge in [0.1, 0.15) is 0 Å². The lowest BCUT2D eigenvalue weighted by Gasteiger charge is -2.17. The van der Waals surface area contributed by atoms with Crippen molar-refractivity contribution in [2.45, 2.75) is 32.7 Å². The highest BCUT2D eigenvalue weighted by Gasteiger charge is 2.20. The Labute approximate surface area is 141 Å². The maximum atomic E-state index is 6.41. The van der Waals surface area contributed by atoms with E-state index >= 15 is 0 Å². The van der Waals surface area contributed by atoms with Gasteiger partial charge >= 0.3 is 0 Å². The Morgan fingerprint density at radius 2 is 2.05 bits per heavy atom. The molecule has 2 rings (SSSR count). The van der Waals surface area contributed by atoms with E-state index in [1.54, 1.807) is 0 Å². The van der Waals surface area contributed by atoms with Crippen LogP contribution in [0.25, 0.3) is 0 Å². The summed E-state index contributed by atoms with van der Waals surface area (Å²) in [5.41, 5.74) is 3.32. The fraction of sp³-hybridized carbons (Fsp3) is 0.400. The molecule has 108 valence electrons. The zero-order valence-electron chi connectivity index (χ0n) is 11.5. The average molecular weight is 421 g/mol. The van der Waals surface area contributed by atoms with Gasteiger partial charge in [0.05, 0.1) is 16.4 Å². The molecule has 0 aliphatic rings. The standard InChI is InChI=1S/C15H17Br2ClN2/c1-3-20-14(15(18)10(2)19-20)8-11(9-16)12-6-4-5-7-13(12)17/h4-7,11H,3,8-9H2,1-2H3. The number of aryl methyl sites for hydroxylation is 2. The van der Waals surface area contributed by atoms with Gasteiger partial charge in [0.15, 0.2) is 0 Å². The minimum Gasteiger partial charge on any atom is -0.268 e. The molecule has 0 saturated carbocycles. The van der Waals surface area contributed by atoms with E-state index in [0.29, 0.717) is 5.92 Å². The Morgan fingerprint density at radius 1 is 1.35 bits per heavy atom. The summed E-state index contributed by atoms with van der Waals surface area (Å²) in [6.45, 7) is 4.89. The molecule has 0 spiro atoms. The third-order valence-corrected chi connectivity index (χ3v) is 5.42. The second kappa shape index (κ2) is 7.10. The molecule has 1 aromatic carbocycles. The summed E-state index contributed by atoms with van der Waals surface area (Å²) in [5, 5.41) is 6.17. The molecule has 0 aliphatic carbocycles. The van der Waals surface area contributed by atoms with Crippen molar-refractivity contribution in [2.24, 2.45) is 0 Å². The quantitative estimate of drug-likeness (QED) is 0.597. The topological polar surface area (TPSA) is 17.8 Å². The maximum Gasteiger partial charge on any atom is 0.0847 e. The smallest absolute Gasteiger partial charge is 0.0847 e. The van der Waals surface area contributed by atoms with Crippen LogP contribution in [0.2, 0.25) is 5.02 Å². The van der Waals surface area contributed by atoms with Crippen LogP contribution in [-0.4, -0.2) is 15.1 Å². The predicted octanol–water partition coefficient (Wildman–Crippen LogP) is 5.35. The van der Waals surface area contributed by atoms with Gasteiger partial charge in [0, 0.05) is 22.3 Å². The molecule has 0 bridgehead atoms. The summed E-state index contributed by atoms with van der Waals surface area (Å²) < 4.78 is 3.14. The number of benzene rings is 1. The molecule has 0 saturated heterocycles. The molecule has 5 heteroatoms. The van der Waals surface area contributed by atoms with E-state index in [-0.39, 0.29) is 0 Å². The molecule has 0 amide bonds. The number of nitrogens with zero attached hydrogens (tertiary/aromatic N) is 2. The lowest BCUT2D eigenvalue weighted by Crippen LogP contribution is -2.11. The number of rotatable bonds is 5. The molecule has 0 N–H and O–H groups in total. The molecule has 0 fully saturated rings. The van der Waals surface area contributed by atoms with Crippen LogP contribution in [0.3, 0.4) is 0 Å². The van der Waals surface area contributed by atoms with E-state index in [1.807, 2.05) is 17.7 Å². The third kappa shape index (κ3) is 3.29. The SMILES string of the molecule is CCn1nc(C)c(Cl)c1CC(CBr)c1ccccc1Br. The maximum absolute atomic E-state index is 6.41. The van der Waals surface area contributed by atoms with Crippen molar-refractivity contribution >= 4 is 43.5 Å². The number of hydrogen-bond acceptors (Lipinski definition) is 1. The summed E-state index contributed by atoms with van der Waals surface area (Å²) in [7, 11) is 0. The molecule has 0 aliphatic heterocycles. The van der Waals surface area contributed by atoms with Crippen LogP contribution in [0, 0.1) is 6.92 Å². The van der Waals surface area contributed by atoms with Gasteiger partial charge in [0.2, 0.25) is 0 Å². The molecule has 0 radical (unpaired) electrons. The monoisotopic (exact) mass is 418 g/mol. The van der Waals surface area contributed by atoms with Gasteiger partial charge in [0.25, 0.3) is 0 Å². The molecule has 1 aromatic heterocycles. The van der Waals surface area contributed by atoms with Crippen LogP contribution in [-0.2, 0) is 13.0 Å². The Hall–Kier alpha value is -0.320. The fourth-order valence-corrected chi connectivity index (χ4v) is 3.75. The summed E-state index contributed by atoms with van der Waals surface area (Å²) >= 11 is 13.7. The largest absolute Gasteiger partial charge is 0.268 e. The molecule has 1 unspecified atom stereocenters. The van der Waals surface area contributed by atoms with Crippen molar-refractivity contribution < 1.29 is 0 Å². The average Bonchev–Trinajstić information content (AvgIpc) is 2.73. The summed E-state index contributed by atoms with van der Waals surface area (Å²) in [6.07, 6.45) is 0.876. The zero-order valence-corrected chi connectivity index (χ0v) is 15.5. The summed E-state index contributed by atoms with van der Waals surface area (Å²) in [6, 6.07) is 8.34. The molecule has 2 nitrogen and oxygen atoms in total. The molecule has 2 aromatic rings. The normalized spacial score (nSPS) is 12.7. The van der Waals surface area contributed by atoms with Crippen molar-refractivity contribution in [3.63, 3.8) is 0 Å². The highest BCUT2D eigenvalue weighted by atomic mass is 79.9. The molecular formula is C15H17Br2ClN2. The number of halogens is 3. The minimum absolute atomic E-state index is 0.365. The van der Waals surface area contributed by atoms with Gasteiger partial charge < -0.3 is 0 Å². The van der Waals surface area contributed by atoms with Gasteiger partial charge in [-0.3, -0.25) is 4.68 Å². The third-order valence-electron chi connectivity index (χ3n) is 3.42. The first-order valence-electron chi connectivity index (χ1n) is 6.60. The van der Waals surface area contributed by atoms with Crippen molar-refractivity contribution in [1.29, 1.82) is 0 Å². The Kier molecular flexibility index (Phi) is 5.70. The van der Waals surface area contributed by atoms with Crippen LogP contribution < -0.4 is 0 Å². The van der Waals surface area contributed by atoms with E-state index in [0.717, 1.165) is 39.2 Å². The van der Waals surface area contributed by atoms with E-state index < -0.39 is 0 Å². The van der Waals surface area contributed by atoms with Crippen LogP contribution >= 0.6 is 43.5 Å². The van der Waals surface area contributed by atoms with Crippen molar-refractivity contribution in [3.05, 3.63) is 50.7 Å². The van der Waals surface area contributed by atoms with Gasteiger partial charge in [-0.05, 0) is 31.9 Å². The predicted molar refractivity (Wildman–Crippen MR) is 92.0 cm³/mol. The second-order valence-electron chi connectivity index (χ2n) is 4.74. The highest BCUT2D eigenvalue weighted by molar-refractivity contribution is 9.10. The van der Waals surface area contributed by atoms with Crippen LogP contribution in [0.5, 0.6) is 0 Å². The van der Waals surface area contributed by atoms with Crippen molar-refractivity contribution in [1.82, 2.24) is 9.78 Å². The fourth-order valence-electron chi connectivity index (χ4n) is 2.35. The Bertz CT molecular complexity index is 596. The number of hydrogen-bond donors (Lipinski definition) is 0. The van der Waals surface area contributed by atoms with Crippen LogP contribution in [0.4, 0.5) is 0 Å². The summed E-state index contributed by atoms with van der Waals surface area (Å²) in [4.78, 5) is 0. The lowest BCUT2D eigenvalue weighted by atomic mass is 9.96. The van der Waals surface area contributed by atoms with Gasteiger partial charge in [-0.2, -0.15) is 5.10 Å². The number of alkyl halides is 1. The summed E-state index contributed by atoms with van der Waals surface area (Å²) in [5.74, 6) is 0.365. The minimum atomic E-state index is 0.365. The van der Waals surface area contributed by atoms with Gasteiger partial charge in [-0.25, -0.2) is 0 Å². The molecule has 1 atom stereocenters. The molecule has 1 heterocycles. The van der Waals surface area contributed by atoms with E-state index in [9.17, 15) is 0 Å². The Balaban J connectivity index is 2.34. The van der Waals surface area contributed by atoms with E-state index in [1.165, 1.54) is 5.56 Å². The highest BCUT2D eigenvalue weighted by Crippen LogP contribution is 2.32. The van der Waals surface area contributed by atoms with E-state index in [4.69, 9.17) is 11.6 Å². The second-order valence-corrected chi connectivity index (χ2v) is 6.62.